The number of carbonyl (C=O) groups excluding carboxylic acids is 1. The van der Waals surface area contributed by atoms with Gasteiger partial charge in [-0.25, -0.2) is 4.68 Å². The first kappa shape index (κ1) is 19.6. The van der Waals surface area contributed by atoms with Crippen molar-refractivity contribution in [2.45, 2.75) is 36.2 Å². The zero-order valence-electron chi connectivity index (χ0n) is 16.9. The summed E-state index contributed by atoms with van der Waals surface area (Å²) in [5, 5.41) is 19.0. The number of carbonyl (C=O) groups is 1. The highest BCUT2D eigenvalue weighted by molar-refractivity contribution is 7.98. The van der Waals surface area contributed by atoms with Gasteiger partial charge < -0.3 is 15.2 Å². The molecular weight excluding hydrogens is 414 g/mol. The quantitative estimate of drug-likeness (QED) is 0.585. The Labute approximate surface area is 183 Å². The van der Waals surface area contributed by atoms with Crippen molar-refractivity contribution in [1.29, 1.82) is 0 Å². The number of rotatable bonds is 5. The highest BCUT2D eigenvalue weighted by Gasteiger charge is 2.37. The predicted octanol–water partition coefficient (Wildman–Crippen LogP) is 3.70. The second kappa shape index (κ2) is 8.07. The topological polar surface area (TPSA) is 102 Å². The number of nitrogens with zero attached hydrogens (tertiary/aromatic N) is 4. The molecule has 0 saturated heterocycles. The molecule has 5 rings (SSSR count). The number of fused-ring (bicyclic) bond motifs is 1. The summed E-state index contributed by atoms with van der Waals surface area (Å²) in [7, 11) is 1.51. The number of aromatic hydroxyl groups is 1. The number of anilines is 1. The molecule has 2 N–H and O–H groups in total. The largest absolute Gasteiger partial charge is 0.504 e. The fraction of sp³-hybridized carbons (Fsp3) is 0.273. The van der Waals surface area contributed by atoms with Crippen LogP contribution in [-0.2, 0) is 10.5 Å². The van der Waals surface area contributed by atoms with E-state index in [4.69, 9.17) is 9.84 Å². The standard InChI is InChI=1S/C22H21N5O3S/c1-30-18-9-8-13(11-17(18)29)20-19-15(6-4-7-16(19)28)24-21-25-22(26-27(20)21)31-12-14-5-2-3-10-23-14/h2-3,5,8-11,20,29H,4,6-7,12H2,1H3,(H,24,25,26)/t20-/m0/s1. The Morgan fingerprint density at radius 1 is 1.29 bits per heavy atom. The minimum atomic E-state index is -0.451. The molecule has 1 atom stereocenters. The Bertz CT molecular complexity index is 1180. The lowest BCUT2D eigenvalue weighted by atomic mass is 9.85. The fourth-order valence-electron chi connectivity index (χ4n) is 4.01. The van der Waals surface area contributed by atoms with Gasteiger partial charge in [-0.2, -0.15) is 4.98 Å². The molecule has 158 valence electrons. The number of methoxy groups -OCH3 is 1. The fourth-order valence-corrected chi connectivity index (χ4v) is 4.75. The lowest BCUT2D eigenvalue weighted by Crippen LogP contribution is -2.31. The van der Waals surface area contributed by atoms with Gasteiger partial charge in [0.15, 0.2) is 17.3 Å². The minimum absolute atomic E-state index is 0.0235. The molecule has 2 aliphatic rings. The van der Waals surface area contributed by atoms with E-state index in [1.165, 1.54) is 18.9 Å². The van der Waals surface area contributed by atoms with Crippen LogP contribution in [0.3, 0.4) is 0 Å². The van der Waals surface area contributed by atoms with E-state index in [0.717, 1.165) is 29.8 Å². The summed E-state index contributed by atoms with van der Waals surface area (Å²) in [5.74, 6) is 1.74. The lowest BCUT2D eigenvalue weighted by molar-refractivity contribution is -0.116. The molecule has 2 aromatic heterocycles. The van der Waals surface area contributed by atoms with Crippen LogP contribution in [0.2, 0.25) is 0 Å². The molecule has 1 aliphatic heterocycles. The zero-order chi connectivity index (χ0) is 21.4. The van der Waals surface area contributed by atoms with Crippen LogP contribution in [0, 0.1) is 0 Å². The first-order valence-electron chi connectivity index (χ1n) is 10.0. The molecule has 0 unspecified atom stereocenters. The molecule has 0 fully saturated rings. The molecule has 0 saturated carbocycles. The van der Waals surface area contributed by atoms with Crippen LogP contribution in [0.25, 0.3) is 0 Å². The summed E-state index contributed by atoms with van der Waals surface area (Å²) < 4.78 is 6.92. The molecule has 0 radical (unpaired) electrons. The average molecular weight is 436 g/mol. The van der Waals surface area contributed by atoms with Crippen molar-refractivity contribution in [1.82, 2.24) is 19.7 Å². The number of nitrogens with one attached hydrogen (secondary N) is 1. The molecular formula is C22H21N5O3S. The predicted molar refractivity (Wildman–Crippen MR) is 116 cm³/mol. The van der Waals surface area contributed by atoms with E-state index in [1.54, 1.807) is 23.0 Å². The second-order valence-electron chi connectivity index (χ2n) is 7.40. The number of aromatic nitrogens is 4. The van der Waals surface area contributed by atoms with E-state index in [9.17, 15) is 9.90 Å². The van der Waals surface area contributed by atoms with Gasteiger partial charge in [-0.1, -0.05) is 23.9 Å². The van der Waals surface area contributed by atoms with Crippen molar-refractivity contribution in [2.75, 3.05) is 12.4 Å². The summed E-state index contributed by atoms with van der Waals surface area (Å²) in [5.41, 5.74) is 3.28. The van der Waals surface area contributed by atoms with E-state index in [1.807, 2.05) is 24.3 Å². The number of benzene rings is 1. The third kappa shape index (κ3) is 3.65. The molecule has 0 amide bonds. The number of phenols is 1. The van der Waals surface area contributed by atoms with E-state index in [0.29, 0.717) is 34.6 Å². The molecule has 3 heterocycles. The van der Waals surface area contributed by atoms with Crippen LogP contribution in [0.15, 0.2) is 59.0 Å². The molecule has 9 heteroatoms. The minimum Gasteiger partial charge on any atom is -0.504 e. The van der Waals surface area contributed by atoms with Gasteiger partial charge in [0.25, 0.3) is 0 Å². The maximum absolute atomic E-state index is 12.9. The van der Waals surface area contributed by atoms with Crippen molar-refractivity contribution < 1.29 is 14.6 Å². The lowest BCUT2D eigenvalue weighted by Gasteiger charge is -2.32. The van der Waals surface area contributed by atoms with Gasteiger partial charge >= 0.3 is 0 Å². The zero-order valence-corrected chi connectivity index (χ0v) is 17.7. The number of Topliss-reactive ketones (excluding diaryl/α,β-unsaturated/α-hetero) is 1. The van der Waals surface area contributed by atoms with Gasteiger partial charge in [-0.3, -0.25) is 9.78 Å². The van der Waals surface area contributed by atoms with Crippen LogP contribution in [-0.4, -0.2) is 37.7 Å². The van der Waals surface area contributed by atoms with E-state index in [-0.39, 0.29) is 11.5 Å². The monoisotopic (exact) mass is 435 g/mol. The maximum Gasteiger partial charge on any atom is 0.227 e. The first-order chi connectivity index (χ1) is 15.1. The highest BCUT2D eigenvalue weighted by Crippen LogP contribution is 2.42. The Hall–Kier alpha value is -3.33. The van der Waals surface area contributed by atoms with Gasteiger partial charge in [-0.05, 0) is 42.7 Å². The number of ketones is 1. The summed E-state index contributed by atoms with van der Waals surface area (Å²) in [6.45, 7) is 0. The normalized spacial score (nSPS) is 17.7. The smallest absolute Gasteiger partial charge is 0.227 e. The van der Waals surface area contributed by atoms with Crippen LogP contribution in [0.1, 0.15) is 36.6 Å². The molecule has 1 aromatic carbocycles. The second-order valence-corrected chi connectivity index (χ2v) is 8.34. The molecule has 8 nitrogen and oxygen atoms in total. The summed E-state index contributed by atoms with van der Waals surface area (Å²) in [6.07, 6.45) is 3.85. The van der Waals surface area contributed by atoms with Crippen molar-refractivity contribution in [3.63, 3.8) is 0 Å². The molecule has 3 aromatic rings. The van der Waals surface area contributed by atoms with Crippen LogP contribution < -0.4 is 10.1 Å². The van der Waals surface area contributed by atoms with Crippen molar-refractivity contribution in [3.8, 4) is 11.5 Å². The van der Waals surface area contributed by atoms with E-state index < -0.39 is 6.04 Å². The van der Waals surface area contributed by atoms with E-state index in [2.05, 4.69) is 15.3 Å². The van der Waals surface area contributed by atoms with Gasteiger partial charge in [0.1, 0.15) is 6.04 Å². The number of thioether (sulfide) groups is 1. The number of ether oxygens (including phenoxy) is 1. The number of hydrogen-bond donors (Lipinski definition) is 2. The van der Waals surface area contributed by atoms with Gasteiger partial charge in [0, 0.05) is 29.6 Å². The maximum atomic E-state index is 12.9. The van der Waals surface area contributed by atoms with Crippen LogP contribution in [0.4, 0.5) is 5.95 Å². The van der Waals surface area contributed by atoms with Gasteiger partial charge in [0.05, 0.1) is 12.8 Å². The van der Waals surface area contributed by atoms with Crippen molar-refractivity contribution in [3.05, 3.63) is 65.1 Å². The van der Waals surface area contributed by atoms with Crippen LogP contribution in [0.5, 0.6) is 11.5 Å². The highest BCUT2D eigenvalue weighted by atomic mass is 32.2. The molecule has 0 spiro atoms. The Balaban J connectivity index is 1.53. The number of phenolic OH excluding ortho intramolecular Hbond substituents is 1. The van der Waals surface area contributed by atoms with E-state index >= 15 is 0 Å². The van der Waals surface area contributed by atoms with Gasteiger partial charge in [-0.15, -0.1) is 5.10 Å². The number of allylic oxidation sites excluding steroid dienone is 2. The average Bonchev–Trinajstić information content (AvgIpc) is 3.19. The third-order valence-corrected chi connectivity index (χ3v) is 6.31. The van der Waals surface area contributed by atoms with Crippen molar-refractivity contribution in [2.24, 2.45) is 0 Å². The molecule has 1 aliphatic carbocycles. The summed E-state index contributed by atoms with van der Waals surface area (Å²) in [4.78, 5) is 21.9. The first-order valence-corrected chi connectivity index (χ1v) is 11.0. The number of hydrogen-bond acceptors (Lipinski definition) is 8. The Kier molecular flexibility index (Phi) is 5.11. The number of pyridine rings is 1. The Morgan fingerprint density at radius 2 is 2.19 bits per heavy atom. The summed E-state index contributed by atoms with van der Waals surface area (Å²) in [6, 6.07) is 10.5. The van der Waals surface area contributed by atoms with Gasteiger partial charge in [0.2, 0.25) is 11.1 Å². The SMILES string of the molecule is COc1ccc([C@H]2C3=C(CCCC3=O)Nc3nc(SCc4ccccn4)nn32)cc1O. The molecule has 31 heavy (non-hydrogen) atoms. The Morgan fingerprint density at radius 3 is 2.97 bits per heavy atom. The van der Waals surface area contributed by atoms with Crippen LogP contribution >= 0.6 is 11.8 Å². The van der Waals surface area contributed by atoms with Crippen molar-refractivity contribution >= 4 is 23.5 Å². The third-order valence-electron chi connectivity index (χ3n) is 5.44. The summed E-state index contributed by atoms with van der Waals surface area (Å²) >= 11 is 1.49. The molecule has 0 bridgehead atoms.